The van der Waals surface area contributed by atoms with Crippen molar-refractivity contribution in [2.45, 2.75) is 51.6 Å². The van der Waals surface area contributed by atoms with Gasteiger partial charge in [0.15, 0.2) is 5.96 Å². The molecule has 1 aliphatic carbocycles. The number of guanidine groups is 1. The highest BCUT2D eigenvalue weighted by Crippen LogP contribution is 2.28. The molecule has 10 heteroatoms. The first kappa shape index (κ1) is 22.3. The zero-order chi connectivity index (χ0) is 22.4. The molecule has 3 rings (SSSR count). The molecule has 1 amide bonds. The fourth-order valence-corrected chi connectivity index (χ4v) is 3.70. The van der Waals surface area contributed by atoms with Gasteiger partial charge in [0.1, 0.15) is 12.4 Å². The Morgan fingerprint density at radius 2 is 2.00 bits per heavy atom. The van der Waals surface area contributed by atoms with E-state index in [1.165, 1.54) is 0 Å². The Morgan fingerprint density at radius 3 is 2.74 bits per heavy atom. The number of hydrogen-bond acceptors (Lipinski definition) is 7. The molecule has 1 aromatic carbocycles. The van der Waals surface area contributed by atoms with Crippen LogP contribution in [-0.4, -0.2) is 53.0 Å². The van der Waals surface area contributed by atoms with Crippen LogP contribution in [0.2, 0.25) is 0 Å². The number of carbonyl (C=O) groups excluding carboxylic acids is 2. The van der Waals surface area contributed by atoms with Gasteiger partial charge in [-0.15, -0.1) is 0 Å². The van der Waals surface area contributed by atoms with Crippen molar-refractivity contribution in [3.8, 4) is 0 Å². The molecule has 31 heavy (non-hydrogen) atoms. The molecule has 0 bridgehead atoms. The summed E-state index contributed by atoms with van der Waals surface area (Å²) in [6.07, 6.45) is 3.83. The molecular weight excluding hydrogens is 398 g/mol. The first-order chi connectivity index (χ1) is 14.9. The number of aromatic nitrogens is 2. The molecule has 1 heterocycles. The van der Waals surface area contributed by atoms with Gasteiger partial charge < -0.3 is 26.8 Å². The highest BCUT2D eigenvalue weighted by molar-refractivity contribution is 5.97. The maximum Gasteiger partial charge on any atom is 0.325 e. The summed E-state index contributed by atoms with van der Waals surface area (Å²) in [5.41, 5.74) is 12.9. The van der Waals surface area contributed by atoms with Gasteiger partial charge in [0, 0.05) is 5.39 Å². The van der Waals surface area contributed by atoms with Gasteiger partial charge >= 0.3 is 5.97 Å². The highest BCUT2D eigenvalue weighted by atomic mass is 16.5. The molecule has 1 saturated carbocycles. The topological polar surface area (TPSA) is 158 Å². The summed E-state index contributed by atoms with van der Waals surface area (Å²) in [5, 5.41) is 6.75. The zero-order valence-corrected chi connectivity index (χ0v) is 17.9. The smallest absolute Gasteiger partial charge is 0.325 e. The largest absolute Gasteiger partial charge is 0.465 e. The minimum atomic E-state index is -0.553. The number of aryl methyl sites for hydroxylation is 1. The van der Waals surface area contributed by atoms with Crippen molar-refractivity contribution in [3.63, 3.8) is 0 Å². The first-order valence-corrected chi connectivity index (χ1v) is 10.4. The lowest BCUT2D eigenvalue weighted by atomic mass is 9.90. The van der Waals surface area contributed by atoms with Crippen LogP contribution in [0.4, 0.5) is 5.82 Å². The summed E-state index contributed by atoms with van der Waals surface area (Å²) in [6, 6.07) is 5.63. The van der Waals surface area contributed by atoms with E-state index in [4.69, 9.17) is 16.2 Å². The molecule has 0 aliphatic heterocycles. The second-order valence-electron chi connectivity index (χ2n) is 7.56. The molecule has 1 aliphatic rings. The van der Waals surface area contributed by atoms with Gasteiger partial charge in [-0.05, 0) is 38.8 Å². The van der Waals surface area contributed by atoms with Gasteiger partial charge in [-0.1, -0.05) is 24.5 Å². The molecule has 2 unspecified atom stereocenters. The summed E-state index contributed by atoms with van der Waals surface area (Å²) in [7, 11) is 0. The highest BCUT2D eigenvalue weighted by Gasteiger charge is 2.26. The van der Waals surface area contributed by atoms with Crippen molar-refractivity contribution in [1.29, 1.82) is 0 Å². The Morgan fingerprint density at radius 1 is 1.23 bits per heavy atom. The predicted octanol–water partition coefficient (Wildman–Crippen LogP) is 1.23. The Kier molecular flexibility index (Phi) is 7.22. The van der Waals surface area contributed by atoms with E-state index in [1.54, 1.807) is 6.92 Å². The average molecular weight is 428 g/mol. The SMILES string of the molecule is CCOC(=O)CNC(=O)c1nc(NC2CCCCC2N=C(N)N)c2cc(C)ccc2n1. The van der Waals surface area contributed by atoms with E-state index in [9.17, 15) is 9.59 Å². The fraction of sp³-hybridized carbons (Fsp3) is 0.476. The molecule has 1 fully saturated rings. The summed E-state index contributed by atoms with van der Waals surface area (Å²) in [4.78, 5) is 37.4. The van der Waals surface area contributed by atoms with Crippen LogP contribution in [0, 0.1) is 6.92 Å². The molecule has 2 atom stereocenters. The number of hydrogen-bond donors (Lipinski definition) is 4. The van der Waals surface area contributed by atoms with E-state index >= 15 is 0 Å². The van der Waals surface area contributed by atoms with Gasteiger partial charge in [-0.3, -0.25) is 9.59 Å². The van der Waals surface area contributed by atoms with Gasteiger partial charge in [0.25, 0.3) is 5.91 Å². The summed E-state index contributed by atoms with van der Waals surface area (Å²) in [6.45, 7) is 3.67. The minimum absolute atomic E-state index is 0.0232. The Labute approximate surface area is 180 Å². The second-order valence-corrected chi connectivity index (χ2v) is 7.56. The van der Waals surface area contributed by atoms with E-state index in [0.717, 1.165) is 36.6 Å². The standard InChI is InChI=1S/C21H29N7O3/c1-3-31-17(29)11-24-20(30)19-25-14-9-8-12(2)10-13(14)18(28-19)26-15-6-4-5-7-16(15)27-21(22)23/h8-10,15-16H,3-7,11H2,1-2H3,(H,24,30)(H4,22,23,27)(H,25,26,28). The maximum absolute atomic E-state index is 12.6. The Bertz CT molecular complexity index is 988. The van der Waals surface area contributed by atoms with E-state index < -0.39 is 11.9 Å². The zero-order valence-electron chi connectivity index (χ0n) is 17.9. The quantitative estimate of drug-likeness (QED) is 0.292. The van der Waals surface area contributed by atoms with Crippen LogP contribution in [0.25, 0.3) is 10.9 Å². The number of benzene rings is 1. The molecule has 0 radical (unpaired) electrons. The third-order valence-corrected chi connectivity index (χ3v) is 5.12. The summed E-state index contributed by atoms with van der Waals surface area (Å²) in [5.74, 6) is -0.507. The number of ether oxygens (including phenoxy) is 1. The number of amides is 1. The lowest BCUT2D eigenvalue weighted by molar-refractivity contribution is -0.141. The number of fused-ring (bicyclic) bond motifs is 1. The predicted molar refractivity (Wildman–Crippen MR) is 119 cm³/mol. The fourth-order valence-electron chi connectivity index (χ4n) is 3.70. The van der Waals surface area contributed by atoms with Gasteiger partial charge in [-0.2, -0.15) is 0 Å². The molecule has 166 valence electrons. The number of nitrogens with two attached hydrogens (primary N) is 2. The van der Waals surface area contributed by atoms with Crippen LogP contribution in [0.1, 0.15) is 48.8 Å². The molecule has 0 spiro atoms. The van der Waals surface area contributed by atoms with Gasteiger partial charge in [0.2, 0.25) is 5.82 Å². The lowest BCUT2D eigenvalue weighted by Crippen LogP contribution is -2.39. The molecule has 0 saturated heterocycles. The van der Waals surface area contributed by atoms with Crippen molar-refractivity contribution in [2.75, 3.05) is 18.5 Å². The number of esters is 1. The Hall–Kier alpha value is -3.43. The van der Waals surface area contributed by atoms with Crippen LogP contribution in [0.5, 0.6) is 0 Å². The first-order valence-electron chi connectivity index (χ1n) is 10.4. The monoisotopic (exact) mass is 427 g/mol. The number of aliphatic imine (C=N–C) groups is 1. The van der Waals surface area contributed by atoms with Crippen molar-refractivity contribution >= 4 is 34.6 Å². The third-order valence-electron chi connectivity index (χ3n) is 5.12. The normalized spacial score (nSPS) is 18.3. The van der Waals surface area contributed by atoms with Crippen molar-refractivity contribution < 1.29 is 14.3 Å². The van der Waals surface area contributed by atoms with Crippen LogP contribution in [-0.2, 0) is 9.53 Å². The minimum Gasteiger partial charge on any atom is -0.465 e. The average Bonchev–Trinajstić information content (AvgIpc) is 2.73. The number of nitrogens with zero attached hydrogens (tertiary/aromatic N) is 3. The molecule has 10 nitrogen and oxygen atoms in total. The van der Waals surface area contributed by atoms with Gasteiger partial charge in [-0.25, -0.2) is 15.0 Å². The van der Waals surface area contributed by atoms with Crippen molar-refractivity contribution in [3.05, 3.63) is 29.6 Å². The molecule has 6 N–H and O–H groups in total. The number of anilines is 1. The molecule has 1 aromatic heterocycles. The maximum atomic E-state index is 12.6. The lowest BCUT2D eigenvalue weighted by Gasteiger charge is -2.30. The van der Waals surface area contributed by atoms with Crippen LogP contribution in [0.15, 0.2) is 23.2 Å². The molecular formula is C21H29N7O3. The van der Waals surface area contributed by atoms with Gasteiger partial charge in [0.05, 0.1) is 24.2 Å². The number of carbonyl (C=O) groups is 2. The van der Waals surface area contributed by atoms with E-state index in [0.29, 0.717) is 11.3 Å². The number of nitrogens with one attached hydrogen (secondary N) is 2. The van der Waals surface area contributed by atoms with Crippen molar-refractivity contribution in [2.24, 2.45) is 16.5 Å². The molecule has 2 aromatic rings. The van der Waals surface area contributed by atoms with Crippen LogP contribution in [0.3, 0.4) is 0 Å². The van der Waals surface area contributed by atoms with E-state index in [-0.39, 0.29) is 37.0 Å². The van der Waals surface area contributed by atoms with E-state index in [2.05, 4.69) is 25.6 Å². The van der Waals surface area contributed by atoms with Crippen molar-refractivity contribution in [1.82, 2.24) is 15.3 Å². The third kappa shape index (κ3) is 5.80. The van der Waals surface area contributed by atoms with Crippen LogP contribution < -0.4 is 22.1 Å². The second kappa shape index (κ2) is 10.1. The summed E-state index contributed by atoms with van der Waals surface area (Å²) >= 11 is 0. The van der Waals surface area contributed by atoms with E-state index in [1.807, 2.05) is 25.1 Å². The Balaban J connectivity index is 1.91. The summed E-state index contributed by atoms with van der Waals surface area (Å²) < 4.78 is 4.84. The van der Waals surface area contributed by atoms with Crippen LogP contribution >= 0.6 is 0 Å². The number of rotatable bonds is 7.